The van der Waals surface area contributed by atoms with Crippen molar-refractivity contribution in [3.63, 3.8) is 0 Å². The minimum absolute atomic E-state index is 0.289. The lowest BCUT2D eigenvalue weighted by Crippen LogP contribution is -2.15. The van der Waals surface area contributed by atoms with Gasteiger partial charge in [0.2, 0.25) is 0 Å². The monoisotopic (exact) mass is 218 g/mol. The second-order valence-corrected chi connectivity index (χ2v) is 3.60. The molecule has 0 amide bonds. The average molecular weight is 219 g/mol. The third-order valence-electron chi connectivity index (χ3n) is 1.57. The van der Waals surface area contributed by atoms with E-state index < -0.39 is 11.3 Å². The Morgan fingerprint density at radius 1 is 1.54 bits per heavy atom. The van der Waals surface area contributed by atoms with Gasteiger partial charge < -0.3 is 5.11 Å². The van der Waals surface area contributed by atoms with E-state index in [-0.39, 0.29) is 6.42 Å². The number of hydrogen-bond donors (Lipinski definition) is 1. The Hall–Kier alpha value is -0.730. The summed E-state index contributed by atoms with van der Waals surface area (Å²) in [5.74, 6) is -1.01. The number of rotatable bonds is 3. The molecule has 0 aliphatic heterocycles. The summed E-state index contributed by atoms with van der Waals surface area (Å²) in [7, 11) is 0. The normalized spacial score (nSPS) is 12.5. The number of benzene rings is 1. The maximum atomic E-state index is 10.4. The molecule has 0 aliphatic carbocycles. The molecule has 1 aromatic rings. The third-order valence-corrected chi connectivity index (χ3v) is 2.15. The van der Waals surface area contributed by atoms with Crippen molar-refractivity contribution in [3.05, 3.63) is 34.9 Å². The highest BCUT2D eigenvalue weighted by Crippen LogP contribution is 2.14. The molecule has 0 saturated heterocycles. The van der Waals surface area contributed by atoms with Gasteiger partial charge in [-0.15, -0.1) is 11.6 Å². The van der Waals surface area contributed by atoms with Crippen LogP contribution >= 0.6 is 23.2 Å². The summed E-state index contributed by atoms with van der Waals surface area (Å²) in [5, 5.41) is 8.25. The van der Waals surface area contributed by atoms with Crippen LogP contribution in [0.1, 0.15) is 5.56 Å². The van der Waals surface area contributed by atoms with E-state index in [0.29, 0.717) is 5.02 Å². The van der Waals surface area contributed by atoms with Crippen LogP contribution in [0, 0.1) is 0 Å². The van der Waals surface area contributed by atoms with Gasteiger partial charge in [0.1, 0.15) is 5.38 Å². The molecule has 70 valence electrons. The highest BCUT2D eigenvalue weighted by molar-refractivity contribution is 6.31. The van der Waals surface area contributed by atoms with Crippen LogP contribution in [-0.4, -0.2) is 16.5 Å². The molecule has 4 heteroatoms. The summed E-state index contributed by atoms with van der Waals surface area (Å²) in [6.45, 7) is 0. The van der Waals surface area contributed by atoms with Crippen molar-refractivity contribution in [1.29, 1.82) is 0 Å². The first kappa shape index (κ1) is 10.4. The summed E-state index contributed by atoms with van der Waals surface area (Å²) in [6.07, 6.45) is 0.289. The fourth-order valence-electron chi connectivity index (χ4n) is 0.958. The number of hydrogen-bond acceptors (Lipinski definition) is 1. The standard InChI is InChI=1S/C9H8Cl2O2/c10-7-3-1-2-6(4-7)5-8(11)9(12)13/h1-4,8H,5H2,(H,12,13). The summed E-state index contributed by atoms with van der Waals surface area (Å²) in [4.78, 5) is 10.4. The number of carboxylic acid groups (broad SMARTS) is 1. The molecule has 0 bridgehead atoms. The fraction of sp³-hybridized carbons (Fsp3) is 0.222. The number of carbonyl (C=O) groups is 1. The summed E-state index contributed by atoms with van der Waals surface area (Å²) < 4.78 is 0. The van der Waals surface area contributed by atoms with Gasteiger partial charge >= 0.3 is 5.97 Å². The summed E-state index contributed by atoms with van der Waals surface area (Å²) in [5.41, 5.74) is 0.829. The first-order valence-electron chi connectivity index (χ1n) is 3.71. The summed E-state index contributed by atoms with van der Waals surface area (Å²) >= 11 is 11.3. The van der Waals surface area contributed by atoms with E-state index in [1.807, 2.05) is 0 Å². The highest BCUT2D eigenvalue weighted by Gasteiger charge is 2.13. The topological polar surface area (TPSA) is 37.3 Å². The Kier molecular flexibility index (Phi) is 3.58. The van der Waals surface area contributed by atoms with Crippen LogP contribution in [0.5, 0.6) is 0 Å². The molecular formula is C9H8Cl2O2. The van der Waals surface area contributed by atoms with Gasteiger partial charge in [-0.3, -0.25) is 4.79 Å². The van der Waals surface area contributed by atoms with E-state index >= 15 is 0 Å². The molecule has 0 aliphatic rings. The van der Waals surface area contributed by atoms with Crippen molar-refractivity contribution < 1.29 is 9.90 Å². The van der Waals surface area contributed by atoms with E-state index in [1.54, 1.807) is 24.3 Å². The summed E-state index contributed by atoms with van der Waals surface area (Å²) in [6, 6.07) is 7.00. The van der Waals surface area contributed by atoms with Crippen LogP contribution in [0.25, 0.3) is 0 Å². The molecular weight excluding hydrogens is 211 g/mol. The van der Waals surface area contributed by atoms with Crippen LogP contribution in [-0.2, 0) is 11.2 Å². The molecule has 0 saturated carbocycles. The molecule has 0 fully saturated rings. The zero-order chi connectivity index (χ0) is 9.84. The Balaban J connectivity index is 2.69. The van der Waals surface area contributed by atoms with Crippen LogP contribution < -0.4 is 0 Å². The number of halogens is 2. The lowest BCUT2D eigenvalue weighted by atomic mass is 10.1. The van der Waals surface area contributed by atoms with Gasteiger partial charge in [0.15, 0.2) is 0 Å². The first-order chi connectivity index (χ1) is 6.09. The molecule has 1 rings (SSSR count). The Labute approximate surface area is 86.1 Å². The highest BCUT2D eigenvalue weighted by atomic mass is 35.5. The Bertz CT molecular complexity index is 312. The van der Waals surface area contributed by atoms with E-state index in [4.69, 9.17) is 28.3 Å². The molecule has 0 heterocycles. The molecule has 0 radical (unpaired) electrons. The smallest absolute Gasteiger partial charge is 0.321 e. The van der Waals surface area contributed by atoms with Gasteiger partial charge in [0.25, 0.3) is 0 Å². The van der Waals surface area contributed by atoms with Crippen molar-refractivity contribution in [2.45, 2.75) is 11.8 Å². The lowest BCUT2D eigenvalue weighted by molar-refractivity contribution is -0.136. The first-order valence-corrected chi connectivity index (χ1v) is 4.52. The average Bonchev–Trinajstić information content (AvgIpc) is 2.04. The predicted octanol–water partition coefficient (Wildman–Crippen LogP) is 2.57. The van der Waals surface area contributed by atoms with E-state index in [0.717, 1.165) is 5.56 Å². The molecule has 1 aromatic carbocycles. The van der Waals surface area contributed by atoms with Crippen LogP contribution in [0.15, 0.2) is 24.3 Å². The largest absolute Gasteiger partial charge is 0.480 e. The predicted molar refractivity (Wildman–Crippen MR) is 52.4 cm³/mol. The Morgan fingerprint density at radius 3 is 2.77 bits per heavy atom. The number of alkyl halides is 1. The molecule has 1 unspecified atom stereocenters. The zero-order valence-corrected chi connectivity index (χ0v) is 8.22. The van der Waals surface area contributed by atoms with E-state index in [9.17, 15) is 4.79 Å². The lowest BCUT2D eigenvalue weighted by Gasteiger charge is -2.03. The molecule has 2 nitrogen and oxygen atoms in total. The van der Waals surface area contributed by atoms with Crippen molar-refractivity contribution in [2.75, 3.05) is 0 Å². The molecule has 0 spiro atoms. The van der Waals surface area contributed by atoms with Crippen molar-refractivity contribution in [1.82, 2.24) is 0 Å². The molecule has 13 heavy (non-hydrogen) atoms. The number of carboxylic acids is 1. The maximum absolute atomic E-state index is 10.4. The van der Waals surface area contributed by atoms with E-state index in [2.05, 4.69) is 0 Å². The van der Waals surface area contributed by atoms with Crippen molar-refractivity contribution >= 4 is 29.2 Å². The third kappa shape index (κ3) is 3.25. The van der Waals surface area contributed by atoms with Gasteiger partial charge in [-0.1, -0.05) is 23.7 Å². The minimum atomic E-state index is -1.01. The Morgan fingerprint density at radius 2 is 2.23 bits per heavy atom. The fourth-order valence-corrected chi connectivity index (χ4v) is 1.35. The van der Waals surface area contributed by atoms with Gasteiger partial charge in [-0.05, 0) is 24.1 Å². The van der Waals surface area contributed by atoms with E-state index in [1.165, 1.54) is 0 Å². The molecule has 1 N–H and O–H groups in total. The SMILES string of the molecule is O=C(O)C(Cl)Cc1cccc(Cl)c1. The molecule has 0 aromatic heterocycles. The quantitative estimate of drug-likeness (QED) is 0.793. The van der Waals surface area contributed by atoms with Gasteiger partial charge in [0.05, 0.1) is 0 Å². The van der Waals surface area contributed by atoms with Gasteiger partial charge in [0, 0.05) is 5.02 Å². The van der Waals surface area contributed by atoms with Crippen molar-refractivity contribution in [3.8, 4) is 0 Å². The van der Waals surface area contributed by atoms with Crippen molar-refractivity contribution in [2.24, 2.45) is 0 Å². The van der Waals surface area contributed by atoms with Gasteiger partial charge in [-0.25, -0.2) is 0 Å². The minimum Gasteiger partial charge on any atom is -0.480 e. The number of aliphatic carboxylic acids is 1. The van der Waals surface area contributed by atoms with Gasteiger partial charge in [-0.2, -0.15) is 0 Å². The zero-order valence-electron chi connectivity index (χ0n) is 6.71. The second-order valence-electron chi connectivity index (χ2n) is 2.64. The van der Waals surface area contributed by atoms with Crippen LogP contribution in [0.4, 0.5) is 0 Å². The molecule has 1 atom stereocenters. The van der Waals surface area contributed by atoms with Crippen LogP contribution in [0.3, 0.4) is 0 Å². The van der Waals surface area contributed by atoms with Crippen LogP contribution in [0.2, 0.25) is 5.02 Å². The second kappa shape index (κ2) is 4.49. The maximum Gasteiger partial charge on any atom is 0.321 e.